The molecule has 0 atom stereocenters. The molecule has 0 unspecified atom stereocenters. The topological polar surface area (TPSA) is 33.2 Å². The van der Waals surface area contributed by atoms with Crippen LogP contribution in [0.2, 0.25) is 0 Å². The first-order valence-corrected chi connectivity index (χ1v) is 4.55. The molecule has 0 aliphatic carbocycles. The summed E-state index contributed by atoms with van der Waals surface area (Å²) in [6.45, 7) is 1.00. The van der Waals surface area contributed by atoms with E-state index in [2.05, 4.69) is 9.27 Å². The molecule has 0 aromatic carbocycles. The maximum atomic E-state index is 10.3. The van der Waals surface area contributed by atoms with Crippen LogP contribution in [0.1, 0.15) is 15.4 Å². The van der Waals surface area contributed by atoms with Crippen molar-refractivity contribution in [1.29, 1.82) is 0 Å². The van der Waals surface area contributed by atoms with Crippen LogP contribution in [0.4, 0.5) is 0 Å². The summed E-state index contributed by atoms with van der Waals surface area (Å²) in [5.74, 6) is 0. The molecule has 66 valence electrons. The summed E-state index contributed by atoms with van der Waals surface area (Å²) >= 11 is 1.41. The van der Waals surface area contributed by atoms with Crippen molar-refractivity contribution in [3.63, 3.8) is 0 Å². The van der Waals surface area contributed by atoms with Gasteiger partial charge in [0, 0.05) is 11.4 Å². The Kier molecular flexibility index (Phi) is 3.37. The maximum absolute atomic E-state index is 10.3. The van der Waals surface area contributed by atoms with Crippen molar-refractivity contribution >= 4 is 17.8 Å². The molecular weight excluding hydrogens is 172 g/mol. The molecule has 0 saturated heterocycles. The summed E-state index contributed by atoms with van der Waals surface area (Å²) in [5, 5.41) is 0. The molecule has 1 aromatic heterocycles. The fraction of sp³-hybridized carbons (Fsp3) is 0.500. The quantitative estimate of drug-likeness (QED) is 0.656. The molecule has 3 nitrogen and oxygen atoms in total. The maximum Gasteiger partial charge on any atom is 0.169 e. The first-order valence-electron chi connectivity index (χ1n) is 3.78. The second-order valence-corrected chi connectivity index (χ2v) is 3.78. The largest absolute Gasteiger partial charge is 0.309 e. The Bertz CT molecular complexity index is 257. The normalized spacial score (nSPS) is 10.6. The van der Waals surface area contributed by atoms with Gasteiger partial charge in [-0.2, -0.15) is 4.37 Å². The van der Waals surface area contributed by atoms with Crippen LogP contribution < -0.4 is 0 Å². The van der Waals surface area contributed by atoms with Gasteiger partial charge in [-0.25, -0.2) is 0 Å². The summed E-state index contributed by atoms with van der Waals surface area (Å²) in [7, 11) is 4.06. The van der Waals surface area contributed by atoms with Crippen molar-refractivity contribution in [2.24, 2.45) is 0 Å². The Morgan fingerprint density at radius 1 is 1.67 bits per heavy atom. The molecule has 0 aliphatic heterocycles. The van der Waals surface area contributed by atoms with Gasteiger partial charge in [0.25, 0.3) is 0 Å². The van der Waals surface area contributed by atoms with Crippen LogP contribution in [0.15, 0.2) is 6.07 Å². The third kappa shape index (κ3) is 2.71. The Labute approximate surface area is 76.2 Å². The van der Waals surface area contributed by atoms with Crippen molar-refractivity contribution in [2.75, 3.05) is 20.6 Å². The zero-order chi connectivity index (χ0) is 8.97. The molecule has 4 heteroatoms. The molecule has 0 aliphatic rings. The molecule has 0 saturated carbocycles. The lowest BCUT2D eigenvalue weighted by Crippen LogP contribution is -2.14. The van der Waals surface area contributed by atoms with Gasteiger partial charge < -0.3 is 4.90 Å². The SMILES string of the molecule is CN(C)CCc1cc(C=O)ns1. The fourth-order valence-electron chi connectivity index (χ4n) is 0.836. The van der Waals surface area contributed by atoms with Gasteiger partial charge in [-0.1, -0.05) is 0 Å². The predicted molar refractivity (Wildman–Crippen MR) is 49.8 cm³/mol. The average molecular weight is 184 g/mol. The molecule has 0 bridgehead atoms. The highest BCUT2D eigenvalue weighted by Crippen LogP contribution is 2.09. The summed E-state index contributed by atoms with van der Waals surface area (Å²) in [5.41, 5.74) is 0.550. The molecule has 1 rings (SSSR count). The van der Waals surface area contributed by atoms with E-state index in [0.29, 0.717) is 5.69 Å². The van der Waals surface area contributed by atoms with Gasteiger partial charge in [-0.3, -0.25) is 4.79 Å². The van der Waals surface area contributed by atoms with E-state index >= 15 is 0 Å². The highest BCUT2D eigenvalue weighted by molar-refractivity contribution is 7.05. The number of rotatable bonds is 4. The number of aldehydes is 1. The van der Waals surface area contributed by atoms with E-state index < -0.39 is 0 Å². The van der Waals surface area contributed by atoms with Crippen LogP contribution >= 0.6 is 11.5 Å². The summed E-state index contributed by atoms with van der Waals surface area (Å²) < 4.78 is 3.97. The number of carbonyl (C=O) groups is 1. The lowest BCUT2D eigenvalue weighted by Gasteiger charge is -2.06. The molecular formula is C8H12N2OS. The second kappa shape index (κ2) is 4.33. The van der Waals surface area contributed by atoms with Crippen LogP contribution in [-0.2, 0) is 6.42 Å². The lowest BCUT2D eigenvalue weighted by atomic mass is 10.3. The zero-order valence-electron chi connectivity index (χ0n) is 7.28. The summed E-state index contributed by atoms with van der Waals surface area (Å²) in [6.07, 6.45) is 1.76. The summed E-state index contributed by atoms with van der Waals surface area (Å²) in [6, 6.07) is 1.85. The number of carbonyl (C=O) groups excluding carboxylic acids is 1. The minimum Gasteiger partial charge on any atom is -0.309 e. The van der Waals surface area contributed by atoms with Crippen molar-refractivity contribution in [3.8, 4) is 0 Å². The van der Waals surface area contributed by atoms with E-state index in [4.69, 9.17) is 0 Å². The van der Waals surface area contributed by atoms with Gasteiger partial charge in [0.15, 0.2) is 6.29 Å². The lowest BCUT2D eigenvalue weighted by molar-refractivity contribution is 0.112. The van der Waals surface area contributed by atoms with Crippen LogP contribution in [0, 0.1) is 0 Å². The number of hydrogen-bond acceptors (Lipinski definition) is 4. The minimum atomic E-state index is 0.550. The van der Waals surface area contributed by atoms with Crippen molar-refractivity contribution in [2.45, 2.75) is 6.42 Å². The van der Waals surface area contributed by atoms with Crippen molar-refractivity contribution in [1.82, 2.24) is 9.27 Å². The first-order chi connectivity index (χ1) is 5.72. The van der Waals surface area contributed by atoms with Crippen LogP contribution in [0.5, 0.6) is 0 Å². The predicted octanol–water partition coefficient (Wildman–Crippen LogP) is 1.06. The molecule has 0 amide bonds. The first kappa shape index (κ1) is 9.35. The molecule has 0 N–H and O–H groups in total. The highest BCUT2D eigenvalue weighted by atomic mass is 32.1. The van der Waals surface area contributed by atoms with E-state index in [-0.39, 0.29) is 0 Å². The van der Waals surface area contributed by atoms with E-state index in [0.717, 1.165) is 19.3 Å². The standard InChI is InChI=1S/C8H12N2OS/c1-10(2)4-3-8-5-7(6-11)9-12-8/h5-6H,3-4H2,1-2H3. The molecule has 1 aromatic rings. The Hall–Kier alpha value is -0.740. The Balaban J connectivity index is 2.47. The molecule has 0 spiro atoms. The van der Waals surface area contributed by atoms with Crippen molar-refractivity contribution < 1.29 is 4.79 Å². The monoisotopic (exact) mass is 184 g/mol. The number of aromatic nitrogens is 1. The van der Waals surface area contributed by atoms with Crippen LogP contribution in [0.25, 0.3) is 0 Å². The highest BCUT2D eigenvalue weighted by Gasteiger charge is 2.00. The molecule has 12 heavy (non-hydrogen) atoms. The van der Waals surface area contributed by atoms with Gasteiger partial charge in [0.2, 0.25) is 0 Å². The average Bonchev–Trinajstić information content (AvgIpc) is 2.48. The number of hydrogen-bond donors (Lipinski definition) is 0. The van der Waals surface area contributed by atoms with Crippen LogP contribution in [-0.4, -0.2) is 36.2 Å². The van der Waals surface area contributed by atoms with E-state index in [1.54, 1.807) is 0 Å². The Morgan fingerprint density at radius 2 is 2.42 bits per heavy atom. The third-order valence-corrected chi connectivity index (χ3v) is 2.36. The second-order valence-electron chi connectivity index (χ2n) is 2.89. The van der Waals surface area contributed by atoms with Gasteiger partial charge >= 0.3 is 0 Å². The van der Waals surface area contributed by atoms with Gasteiger partial charge in [0.05, 0.1) is 0 Å². The van der Waals surface area contributed by atoms with E-state index in [1.165, 1.54) is 16.4 Å². The molecule has 0 fully saturated rings. The van der Waals surface area contributed by atoms with Gasteiger partial charge in [-0.05, 0) is 38.1 Å². The smallest absolute Gasteiger partial charge is 0.169 e. The molecule has 0 radical (unpaired) electrons. The summed E-state index contributed by atoms with van der Waals surface area (Å²) in [4.78, 5) is 13.6. The molecule has 1 heterocycles. The van der Waals surface area contributed by atoms with Crippen molar-refractivity contribution in [3.05, 3.63) is 16.6 Å². The number of likely N-dealkylation sites (N-methyl/N-ethyl adjacent to an activating group) is 1. The number of nitrogens with zero attached hydrogens (tertiary/aromatic N) is 2. The van der Waals surface area contributed by atoms with E-state index in [9.17, 15) is 4.79 Å². The van der Waals surface area contributed by atoms with Crippen LogP contribution in [0.3, 0.4) is 0 Å². The minimum absolute atomic E-state index is 0.550. The zero-order valence-corrected chi connectivity index (χ0v) is 8.10. The Morgan fingerprint density at radius 3 is 2.92 bits per heavy atom. The van der Waals surface area contributed by atoms with Gasteiger partial charge in [0.1, 0.15) is 5.69 Å². The fourth-order valence-corrected chi connectivity index (χ4v) is 1.51. The van der Waals surface area contributed by atoms with E-state index in [1.807, 2.05) is 20.2 Å². The third-order valence-electron chi connectivity index (χ3n) is 1.50. The van der Waals surface area contributed by atoms with Gasteiger partial charge in [-0.15, -0.1) is 0 Å².